The van der Waals surface area contributed by atoms with Crippen molar-refractivity contribution in [2.24, 2.45) is 0 Å². The summed E-state index contributed by atoms with van der Waals surface area (Å²) in [5, 5.41) is 20.2. The molecule has 0 saturated heterocycles. The highest BCUT2D eigenvalue weighted by Gasteiger charge is 2.20. The smallest absolute Gasteiger partial charge is 0.306 e. The van der Waals surface area contributed by atoms with Gasteiger partial charge in [0.05, 0.1) is 12.5 Å². The Balaban J connectivity index is 1.87. The lowest BCUT2D eigenvalue weighted by Crippen LogP contribution is -2.36. The van der Waals surface area contributed by atoms with Crippen LogP contribution in [0.2, 0.25) is 0 Å². The Morgan fingerprint density at radius 1 is 1.62 bits per heavy atom. The molecule has 1 aromatic heterocycles. The minimum Gasteiger partial charge on any atom is -0.481 e. The third kappa shape index (κ3) is 2.81. The van der Waals surface area contributed by atoms with Gasteiger partial charge in [0.15, 0.2) is 0 Å². The number of thiophene rings is 1. The Bertz CT molecular complexity index is 377. The van der Waals surface area contributed by atoms with Crippen LogP contribution in [0.4, 0.5) is 0 Å². The van der Waals surface area contributed by atoms with Crippen LogP contribution >= 0.6 is 11.3 Å². The molecule has 0 aromatic carbocycles. The van der Waals surface area contributed by atoms with E-state index in [0.717, 1.165) is 19.5 Å². The zero-order valence-corrected chi connectivity index (χ0v) is 9.74. The maximum Gasteiger partial charge on any atom is 0.306 e. The average molecular weight is 241 g/mol. The van der Waals surface area contributed by atoms with E-state index in [1.165, 1.54) is 10.4 Å². The predicted octanol–water partition coefficient (Wildman–Crippen LogP) is 0.942. The summed E-state index contributed by atoms with van der Waals surface area (Å²) < 4.78 is 0. The fourth-order valence-electron chi connectivity index (χ4n) is 2.03. The van der Waals surface area contributed by atoms with Gasteiger partial charge in [0.1, 0.15) is 0 Å². The van der Waals surface area contributed by atoms with Crippen molar-refractivity contribution in [1.29, 1.82) is 0 Å². The van der Waals surface area contributed by atoms with E-state index in [0.29, 0.717) is 6.54 Å². The molecule has 1 atom stereocenters. The summed E-state index contributed by atoms with van der Waals surface area (Å²) in [5.41, 5.74) is 1.32. The van der Waals surface area contributed by atoms with E-state index in [2.05, 4.69) is 16.3 Å². The number of hydrogen-bond acceptors (Lipinski definition) is 4. The van der Waals surface area contributed by atoms with Crippen LogP contribution in [0, 0.1) is 0 Å². The molecule has 1 aliphatic rings. The minimum atomic E-state index is -0.944. The minimum absolute atomic E-state index is 0.174. The van der Waals surface area contributed by atoms with E-state index in [4.69, 9.17) is 5.11 Å². The second-order valence-corrected chi connectivity index (χ2v) is 5.11. The first kappa shape index (κ1) is 11.6. The number of carbonyl (C=O) groups is 1. The van der Waals surface area contributed by atoms with Gasteiger partial charge in [-0.1, -0.05) is 0 Å². The van der Waals surface area contributed by atoms with Crippen molar-refractivity contribution in [3.05, 3.63) is 21.9 Å². The third-order valence-corrected chi connectivity index (χ3v) is 3.79. The summed E-state index contributed by atoms with van der Waals surface area (Å²) >= 11 is 1.77. The number of β-amino-alcohol motifs (C(OH)–C–C–N with tert-alkyl or cyclic N) is 1. The third-order valence-electron chi connectivity index (χ3n) is 2.77. The standard InChI is InChI=1S/C11H15NO3S/c13-9(5-11(14)15)7-12-3-1-10-8(6-12)2-4-16-10/h2,4,9,13H,1,3,5-7H2,(H,14,15). The molecule has 16 heavy (non-hydrogen) atoms. The molecule has 0 radical (unpaired) electrons. The maximum atomic E-state index is 10.4. The topological polar surface area (TPSA) is 60.8 Å². The van der Waals surface area contributed by atoms with E-state index < -0.39 is 12.1 Å². The average Bonchev–Trinajstić information content (AvgIpc) is 2.63. The van der Waals surface area contributed by atoms with Crippen LogP contribution in [0.15, 0.2) is 11.4 Å². The molecule has 2 N–H and O–H groups in total. The van der Waals surface area contributed by atoms with Crippen molar-refractivity contribution in [3.8, 4) is 0 Å². The fourth-order valence-corrected chi connectivity index (χ4v) is 2.92. The predicted molar refractivity (Wildman–Crippen MR) is 61.6 cm³/mol. The Morgan fingerprint density at radius 3 is 3.19 bits per heavy atom. The largest absolute Gasteiger partial charge is 0.481 e. The van der Waals surface area contributed by atoms with Crippen molar-refractivity contribution >= 4 is 17.3 Å². The lowest BCUT2D eigenvalue weighted by atomic mass is 10.1. The lowest BCUT2D eigenvalue weighted by molar-refractivity contribution is -0.139. The Labute approximate surface area is 98.1 Å². The fraction of sp³-hybridized carbons (Fsp3) is 0.545. The SMILES string of the molecule is O=C(O)CC(O)CN1CCc2sccc2C1. The molecule has 2 rings (SSSR count). The van der Waals surface area contributed by atoms with Crippen molar-refractivity contribution in [3.63, 3.8) is 0 Å². The summed E-state index contributed by atoms with van der Waals surface area (Å²) in [4.78, 5) is 14.0. The Hall–Kier alpha value is -0.910. The Morgan fingerprint density at radius 2 is 2.44 bits per heavy atom. The first-order valence-corrected chi connectivity index (χ1v) is 6.20. The highest BCUT2D eigenvalue weighted by atomic mass is 32.1. The molecule has 2 heterocycles. The van der Waals surface area contributed by atoms with Gasteiger partial charge >= 0.3 is 5.97 Å². The molecule has 0 fully saturated rings. The zero-order chi connectivity index (χ0) is 11.5. The molecule has 1 unspecified atom stereocenters. The first-order valence-electron chi connectivity index (χ1n) is 5.32. The second kappa shape index (κ2) is 4.95. The monoisotopic (exact) mass is 241 g/mol. The summed E-state index contributed by atoms with van der Waals surface area (Å²) in [5.74, 6) is -0.944. The van der Waals surface area contributed by atoms with Crippen LogP contribution in [-0.4, -0.2) is 40.3 Å². The molecule has 1 aromatic rings. The van der Waals surface area contributed by atoms with Crippen LogP contribution in [0.25, 0.3) is 0 Å². The van der Waals surface area contributed by atoms with Crippen LogP contribution in [0.1, 0.15) is 16.9 Å². The van der Waals surface area contributed by atoms with E-state index in [9.17, 15) is 9.90 Å². The van der Waals surface area contributed by atoms with Crippen molar-refractivity contribution in [2.45, 2.75) is 25.5 Å². The summed E-state index contributed by atoms with van der Waals surface area (Å²) in [6.07, 6.45) is 0.0671. The molecule has 5 heteroatoms. The van der Waals surface area contributed by atoms with Crippen LogP contribution in [0.5, 0.6) is 0 Å². The maximum absolute atomic E-state index is 10.4. The number of fused-ring (bicyclic) bond motifs is 1. The molecule has 88 valence electrons. The molecule has 0 aliphatic carbocycles. The Kier molecular flexibility index (Phi) is 3.58. The summed E-state index contributed by atoms with van der Waals surface area (Å²) in [7, 11) is 0. The van der Waals surface area contributed by atoms with Crippen LogP contribution < -0.4 is 0 Å². The number of aliphatic carboxylic acids is 1. The highest BCUT2D eigenvalue weighted by Crippen LogP contribution is 2.23. The first-order chi connectivity index (χ1) is 7.65. The molecular weight excluding hydrogens is 226 g/mol. The summed E-state index contributed by atoms with van der Waals surface area (Å²) in [6.45, 7) is 2.18. The second-order valence-electron chi connectivity index (χ2n) is 4.11. The number of aliphatic hydroxyl groups excluding tert-OH is 1. The van der Waals surface area contributed by atoms with Gasteiger partial charge in [-0.05, 0) is 23.4 Å². The number of rotatable bonds is 4. The number of aliphatic hydroxyl groups is 1. The van der Waals surface area contributed by atoms with Gasteiger partial charge < -0.3 is 10.2 Å². The zero-order valence-electron chi connectivity index (χ0n) is 8.93. The number of carboxylic acids is 1. The van der Waals surface area contributed by atoms with E-state index in [1.54, 1.807) is 11.3 Å². The quantitative estimate of drug-likeness (QED) is 0.823. The van der Waals surface area contributed by atoms with Crippen molar-refractivity contribution in [2.75, 3.05) is 13.1 Å². The van der Waals surface area contributed by atoms with Crippen LogP contribution in [0.3, 0.4) is 0 Å². The van der Waals surface area contributed by atoms with Gasteiger partial charge in [-0.25, -0.2) is 0 Å². The molecule has 0 spiro atoms. The molecule has 0 amide bonds. The van der Waals surface area contributed by atoms with E-state index >= 15 is 0 Å². The van der Waals surface area contributed by atoms with Gasteiger partial charge in [-0.2, -0.15) is 0 Å². The van der Waals surface area contributed by atoms with Crippen LogP contribution in [-0.2, 0) is 17.8 Å². The lowest BCUT2D eigenvalue weighted by Gasteiger charge is -2.28. The van der Waals surface area contributed by atoms with Gasteiger partial charge in [0.2, 0.25) is 0 Å². The molecule has 1 aliphatic heterocycles. The van der Waals surface area contributed by atoms with Gasteiger partial charge in [-0.15, -0.1) is 11.3 Å². The van der Waals surface area contributed by atoms with Crippen molar-refractivity contribution < 1.29 is 15.0 Å². The molecule has 4 nitrogen and oxygen atoms in total. The molecule has 0 bridgehead atoms. The van der Waals surface area contributed by atoms with Crippen molar-refractivity contribution in [1.82, 2.24) is 4.90 Å². The van der Waals surface area contributed by atoms with Gasteiger partial charge in [0.25, 0.3) is 0 Å². The molecule has 0 saturated carbocycles. The van der Waals surface area contributed by atoms with E-state index in [-0.39, 0.29) is 6.42 Å². The number of nitrogens with zero attached hydrogens (tertiary/aromatic N) is 1. The van der Waals surface area contributed by atoms with Gasteiger partial charge in [0, 0.05) is 24.5 Å². The highest BCUT2D eigenvalue weighted by molar-refractivity contribution is 7.10. The normalized spacial score (nSPS) is 18.1. The van der Waals surface area contributed by atoms with Gasteiger partial charge in [-0.3, -0.25) is 9.69 Å². The van der Waals surface area contributed by atoms with E-state index in [1.807, 2.05) is 0 Å². The molecular formula is C11H15NO3S. The number of hydrogen-bond donors (Lipinski definition) is 2. The number of carboxylic acid groups (broad SMARTS) is 1. The summed E-state index contributed by atoms with van der Waals surface area (Å²) in [6, 6.07) is 2.11.